The van der Waals surface area contributed by atoms with E-state index in [9.17, 15) is 17.8 Å². The second-order valence-electron chi connectivity index (χ2n) is 4.04. The number of hydrogen-bond acceptors (Lipinski definition) is 3. The van der Waals surface area contributed by atoms with Crippen molar-refractivity contribution < 1.29 is 17.8 Å². The molecule has 0 saturated carbocycles. The van der Waals surface area contributed by atoms with E-state index in [4.69, 9.17) is 34.8 Å². The maximum absolute atomic E-state index is 12.5. The lowest BCUT2D eigenvalue weighted by atomic mass is 10.0. The summed E-state index contributed by atoms with van der Waals surface area (Å²) in [5.41, 5.74) is -0.273. The molecule has 0 radical (unpaired) electrons. The fraction of sp³-hybridized carbons (Fsp3) is 0. The predicted molar refractivity (Wildman–Crippen MR) is 81.2 cm³/mol. The zero-order valence-corrected chi connectivity index (χ0v) is 13.3. The highest BCUT2D eigenvalue weighted by molar-refractivity contribution is 7.86. The Balaban J connectivity index is 2.71. The lowest BCUT2D eigenvalue weighted by molar-refractivity contribution is 0.103. The molecule has 0 aromatic heterocycles. The summed E-state index contributed by atoms with van der Waals surface area (Å²) in [6.07, 6.45) is 0. The number of rotatable bonds is 3. The molecule has 2 rings (SSSR count). The highest BCUT2D eigenvalue weighted by Gasteiger charge is 2.25. The van der Waals surface area contributed by atoms with Crippen LogP contribution in [0, 0.1) is 0 Å². The van der Waals surface area contributed by atoms with Gasteiger partial charge in [0.2, 0.25) is 0 Å². The van der Waals surface area contributed by atoms with Gasteiger partial charge in [0.25, 0.3) is 10.1 Å². The first-order valence-electron chi connectivity index (χ1n) is 5.47. The normalized spacial score (nSPS) is 11.4. The molecule has 0 aliphatic carbocycles. The van der Waals surface area contributed by atoms with Gasteiger partial charge in [0.05, 0.1) is 10.0 Å². The van der Waals surface area contributed by atoms with Crippen LogP contribution in [0.2, 0.25) is 15.1 Å². The Morgan fingerprint density at radius 1 is 0.952 bits per heavy atom. The second kappa shape index (κ2) is 5.94. The Bertz CT molecular complexity index is 831. The molecule has 0 atom stereocenters. The number of hydrogen-bond donors (Lipinski definition) is 1. The summed E-state index contributed by atoms with van der Waals surface area (Å²) in [5, 5.41) is 0.102. The van der Waals surface area contributed by atoms with Crippen LogP contribution in [-0.2, 0) is 10.1 Å². The van der Waals surface area contributed by atoms with E-state index in [2.05, 4.69) is 0 Å². The Kier molecular flexibility index (Phi) is 4.60. The molecule has 0 aliphatic rings. The smallest absolute Gasteiger partial charge is 0.289 e. The van der Waals surface area contributed by atoms with E-state index >= 15 is 0 Å². The third-order valence-electron chi connectivity index (χ3n) is 2.64. The van der Waals surface area contributed by atoms with E-state index in [1.165, 1.54) is 36.4 Å². The molecule has 1 N–H and O–H groups in total. The minimum Gasteiger partial charge on any atom is -0.289 e. The van der Waals surface area contributed by atoms with Gasteiger partial charge in [-0.05, 0) is 30.3 Å². The molecule has 21 heavy (non-hydrogen) atoms. The van der Waals surface area contributed by atoms with Crippen LogP contribution in [0.4, 0.5) is 0 Å². The van der Waals surface area contributed by atoms with Crippen molar-refractivity contribution in [3.63, 3.8) is 0 Å². The third-order valence-corrected chi connectivity index (χ3v) is 4.59. The van der Waals surface area contributed by atoms with Crippen LogP contribution >= 0.6 is 34.8 Å². The summed E-state index contributed by atoms with van der Waals surface area (Å²) in [7, 11) is -4.67. The maximum Gasteiger partial charge on any atom is 0.296 e. The van der Waals surface area contributed by atoms with Crippen molar-refractivity contribution in [1.82, 2.24) is 0 Å². The predicted octanol–water partition coefficient (Wildman–Crippen LogP) is 4.12. The minimum absolute atomic E-state index is 0.0105. The van der Waals surface area contributed by atoms with E-state index in [0.717, 1.165) is 0 Å². The van der Waals surface area contributed by atoms with Gasteiger partial charge in [-0.15, -0.1) is 0 Å². The first-order valence-corrected chi connectivity index (χ1v) is 8.05. The molecule has 0 heterocycles. The fourth-order valence-corrected chi connectivity index (χ4v) is 3.36. The van der Waals surface area contributed by atoms with Gasteiger partial charge in [-0.2, -0.15) is 8.42 Å². The molecule has 0 unspecified atom stereocenters. The molecule has 4 nitrogen and oxygen atoms in total. The molecule has 2 aromatic carbocycles. The highest BCUT2D eigenvalue weighted by Crippen LogP contribution is 2.30. The van der Waals surface area contributed by atoms with Crippen LogP contribution in [0.5, 0.6) is 0 Å². The Hall–Kier alpha value is -1.11. The third kappa shape index (κ3) is 3.39. The van der Waals surface area contributed by atoms with Gasteiger partial charge in [0.1, 0.15) is 4.90 Å². The van der Waals surface area contributed by atoms with Crippen molar-refractivity contribution in [3.05, 3.63) is 62.6 Å². The number of benzene rings is 2. The lowest BCUT2D eigenvalue weighted by Crippen LogP contribution is -2.11. The molecule has 2 aromatic rings. The number of carbonyl (C=O) groups is 1. The van der Waals surface area contributed by atoms with Crippen molar-refractivity contribution >= 4 is 50.7 Å². The molecule has 0 bridgehead atoms. The van der Waals surface area contributed by atoms with Crippen molar-refractivity contribution in [3.8, 4) is 0 Å². The lowest BCUT2D eigenvalue weighted by Gasteiger charge is -2.09. The van der Waals surface area contributed by atoms with Crippen LogP contribution in [0.3, 0.4) is 0 Å². The first-order chi connectivity index (χ1) is 9.71. The largest absolute Gasteiger partial charge is 0.296 e. The van der Waals surface area contributed by atoms with Gasteiger partial charge in [0.15, 0.2) is 5.78 Å². The summed E-state index contributed by atoms with van der Waals surface area (Å²) >= 11 is 17.5. The van der Waals surface area contributed by atoms with Crippen LogP contribution in [-0.4, -0.2) is 18.8 Å². The van der Waals surface area contributed by atoms with E-state index in [0.29, 0.717) is 0 Å². The maximum atomic E-state index is 12.5. The van der Waals surface area contributed by atoms with Crippen molar-refractivity contribution in [1.29, 1.82) is 0 Å². The SMILES string of the molecule is O=C(c1cc(Cl)ccc1Cl)c1cccc(Cl)c1S(=O)(=O)O. The second-order valence-corrected chi connectivity index (χ2v) is 6.65. The van der Waals surface area contributed by atoms with Crippen LogP contribution < -0.4 is 0 Å². The summed E-state index contributed by atoms with van der Waals surface area (Å²) in [6, 6.07) is 8.08. The van der Waals surface area contributed by atoms with Gasteiger partial charge in [-0.1, -0.05) is 40.9 Å². The van der Waals surface area contributed by atoms with Gasteiger partial charge >= 0.3 is 0 Å². The van der Waals surface area contributed by atoms with Gasteiger partial charge < -0.3 is 0 Å². The molecular formula is C13H7Cl3O4S. The summed E-state index contributed by atoms with van der Waals surface area (Å²) in [5.74, 6) is -0.711. The van der Waals surface area contributed by atoms with Crippen LogP contribution in [0.1, 0.15) is 15.9 Å². The van der Waals surface area contributed by atoms with Crippen molar-refractivity contribution in [2.24, 2.45) is 0 Å². The number of halogens is 3. The van der Waals surface area contributed by atoms with E-state index < -0.39 is 20.8 Å². The summed E-state index contributed by atoms with van der Waals surface area (Å²) < 4.78 is 32.1. The zero-order chi connectivity index (χ0) is 15.8. The molecule has 0 spiro atoms. The molecule has 110 valence electrons. The van der Waals surface area contributed by atoms with Gasteiger partial charge in [-0.3, -0.25) is 9.35 Å². The van der Waals surface area contributed by atoms with Crippen molar-refractivity contribution in [2.75, 3.05) is 0 Å². The average Bonchev–Trinajstić information content (AvgIpc) is 2.39. The molecular weight excluding hydrogens is 359 g/mol. The minimum atomic E-state index is -4.67. The fourth-order valence-electron chi connectivity index (χ4n) is 1.77. The number of ketones is 1. The molecule has 0 amide bonds. The quantitative estimate of drug-likeness (QED) is 0.656. The topological polar surface area (TPSA) is 71.4 Å². The van der Waals surface area contributed by atoms with Gasteiger partial charge in [-0.25, -0.2) is 0 Å². The van der Waals surface area contributed by atoms with Gasteiger partial charge in [0, 0.05) is 16.1 Å². The first kappa shape index (κ1) is 16.3. The van der Waals surface area contributed by atoms with Crippen LogP contribution in [0.15, 0.2) is 41.3 Å². The Labute approximate surface area is 136 Å². The highest BCUT2D eigenvalue weighted by atomic mass is 35.5. The summed E-state index contributed by atoms with van der Waals surface area (Å²) in [4.78, 5) is 11.8. The Morgan fingerprint density at radius 2 is 1.62 bits per heavy atom. The van der Waals surface area contributed by atoms with Crippen LogP contribution in [0.25, 0.3) is 0 Å². The zero-order valence-electron chi connectivity index (χ0n) is 10.2. The molecule has 8 heteroatoms. The molecule has 0 saturated heterocycles. The van der Waals surface area contributed by atoms with E-state index in [-0.39, 0.29) is 26.2 Å². The standard InChI is InChI=1S/C13H7Cl3O4S/c14-7-4-5-10(15)9(6-7)12(17)8-2-1-3-11(16)13(8)21(18,19)20/h1-6H,(H,18,19,20). The average molecular weight is 366 g/mol. The van der Waals surface area contributed by atoms with E-state index in [1.807, 2.05) is 0 Å². The Morgan fingerprint density at radius 3 is 2.24 bits per heavy atom. The monoisotopic (exact) mass is 364 g/mol. The molecule has 0 fully saturated rings. The summed E-state index contributed by atoms with van der Waals surface area (Å²) in [6.45, 7) is 0. The number of carbonyl (C=O) groups excluding carboxylic acids is 1. The van der Waals surface area contributed by atoms with Crippen molar-refractivity contribution in [2.45, 2.75) is 4.90 Å². The molecule has 0 aliphatic heterocycles. The van der Waals surface area contributed by atoms with E-state index in [1.54, 1.807) is 0 Å².